The number of aryl methyl sites for hydroxylation is 1. The molecule has 1 aliphatic carbocycles. The number of carbonyl (C=O) groups is 1. The smallest absolute Gasteiger partial charge is 0.250 e. The molecule has 0 aliphatic heterocycles. The van der Waals surface area contributed by atoms with Crippen LogP contribution in [0.2, 0.25) is 0 Å². The van der Waals surface area contributed by atoms with E-state index in [0.717, 1.165) is 24.2 Å². The summed E-state index contributed by atoms with van der Waals surface area (Å²) in [6, 6.07) is 3.66. The molecule has 0 radical (unpaired) electrons. The number of anilines is 1. The maximum Gasteiger partial charge on any atom is 0.250 e. The van der Waals surface area contributed by atoms with Gasteiger partial charge in [-0.05, 0) is 37.8 Å². The lowest BCUT2D eigenvalue weighted by atomic mass is 9.89. The van der Waals surface area contributed by atoms with Gasteiger partial charge in [0.15, 0.2) is 0 Å². The Bertz CT molecular complexity index is 434. The Kier molecular flexibility index (Phi) is 4.91. The van der Waals surface area contributed by atoms with E-state index in [0.29, 0.717) is 5.92 Å². The van der Waals surface area contributed by atoms with Crippen molar-refractivity contribution in [1.82, 2.24) is 4.98 Å². The molecule has 0 saturated heterocycles. The first-order valence-corrected chi connectivity index (χ1v) is 6.98. The summed E-state index contributed by atoms with van der Waals surface area (Å²) in [5.74, 6) is 0.608. The molecule has 0 aromatic carbocycles. The number of amides is 1. The second kappa shape index (κ2) is 6.66. The Labute approximate surface area is 114 Å². The quantitative estimate of drug-likeness (QED) is 0.907. The number of ether oxygens (including phenoxy) is 1. The lowest BCUT2D eigenvalue weighted by molar-refractivity contribution is -0.123. The largest absolute Gasteiger partial charge is 0.368 e. The highest BCUT2D eigenvalue weighted by Crippen LogP contribution is 2.25. The van der Waals surface area contributed by atoms with E-state index >= 15 is 0 Å². The summed E-state index contributed by atoms with van der Waals surface area (Å²) in [7, 11) is 0. The van der Waals surface area contributed by atoms with Crippen molar-refractivity contribution in [2.24, 2.45) is 5.92 Å². The van der Waals surface area contributed by atoms with E-state index in [1.165, 1.54) is 12.8 Å². The van der Waals surface area contributed by atoms with Gasteiger partial charge in [-0.2, -0.15) is 0 Å². The fourth-order valence-corrected chi connectivity index (χ4v) is 2.53. The highest BCUT2D eigenvalue weighted by molar-refractivity contribution is 5.92. The Hall–Kier alpha value is -1.42. The fraction of sp³-hybridized carbons (Fsp3) is 0.600. The van der Waals surface area contributed by atoms with Crippen molar-refractivity contribution in [3.05, 3.63) is 24.0 Å². The van der Waals surface area contributed by atoms with E-state index in [1.807, 2.05) is 19.1 Å². The SMILES string of the molecule is Cc1ncccc1NC(=O)COC1CCCC(C)C1. The van der Waals surface area contributed by atoms with Crippen molar-refractivity contribution >= 4 is 11.6 Å². The first-order valence-electron chi connectivity index (χ1n) is 6.98. The summed E-state index contributed by atoms with van der Waals surface area (Å²) < 4.78 is 5.69. The van der Waals surface area contributed by atoms with Gasteiger partial charge in [0.05, 0.1) is 17.5 Å². The number of nitrogens with one attached hydrogen (secondary N) is 1. The lowest BCUT2D eigenvalue weighted by Crippen LogP contribution is -2.27. The van der Waals surface area contributed by atoms with Crippen molar-refractivity contribution in [2.75, 3.05) is 11.9 Å². The summed E-state index contributed by atoms with van der Waals surface area (Å²) in [5.41, 5.74) is 1.58. The Morgan fingerprint density at radius 2 is 2.37 bits per heavy atom. The molecule has 1 aliphatic rings. The van der Waals surface area contributed by atoms with Crippen LogP contribution in [0.3, 0.4) is 0 Å². The van der Waals surface area contributed by atoms with Gasteiger partial charge in [-0.3, -0.25) is 9.78 Å². The normalized spacial score (nSPS) is 23.1. The number of pyridine rings is 1. The average Bonchev–Trinajstić information content (AvgIpc) is 2.39. The molecule has 1 fully saturated rings. The van der Waals surface area contributed by atoms with E-state index in [1.54, 1.807) is 6.20 Å². The van der Waals surface area contributed by atoms with Crippen molar-refractivity contribution in [2.45, 2.75) is 45.6 Å². The summed E-state index contributed by atoms with van der Waals surface area (Å²) >= 11 is 0. The molecule has 2 unspecified atom stereocenters. The van der Waals surface area contributed by atoms with Crippen molar-refractivity contribution in [1.29, 1.82) is 0 Å². The van der Waals surface area contributed by atoms with Crippen LogP contribution in [0.1, 0.15) is 38.3 Å². The molecule has 1 aromatic heterocycles. The fourth-order valence-electron chi connectivity index (χ4n) is 2.53. The van der Waals surface area contributed by atoms with Gasteiger partial charge < -0.3 is 10.1 Å². The molecule has 1 saturated carbocycles. The van der Waals surface area contributed by atoms with E-state index in [2.05, 4.69) is 17.2 Å². The Balaban J connectivity index is 1.77. The third-order valence-electron chi connectivity index (χ3n) is 3.62. The predicted octanol–water partition coefficient (Wildman–Crippen LogP) is 2.92. The first-order chi connectivity index (χ1) is 9.15. The maximum atomic E-state index is 11.8. The minimum Gasteiger partial charge on any atom is -0.368 e. The minimum atomic E-state index is -0.102. The highest BCUT2D eigenvalue weighted by atomic mass is 16.5. The van der Waals surface area contributed by atoms with Crippen LogP contribution in [0.25, 0.3) is 0 Å². The Morgan fingerprint density at radius 3 is 3.11 bits per heavy atom. The molecule has 104 valence electrons. The molecule has 4 heteroatoms. The van der Waals surface area contributed by atoms with Crippen molar-refractivity contribution in [3.8, 4) is 0 Å². The van der Waals surface area contributed by atoms with Crippen LogP contribution in [0, 0.1) is 12.8 Å². The molecule has 1 aromatic rings. The lowest BCUT2D eigenvalue weighted by Gasteiger charge is -2.26. The van der Waals surface area contributed by atoms with E-state index < -0.39 is 0 Å². The van der Waals surface area contributed by atoms with Crippen LogP contribution in [0.5, 0.6) is 0 Å². The third kappa shape index (κ3) is 4.31. The summed E-state index contributed by atoms with van der Waals surface area (Å²) in [6.07, 6.45) is 6.58. The summed E-state index contributed by atoms with van der Waals surface area (Å²) in [5, 5.41) is 2.83. The van der Waals surface area contributed by atoms with Gasteiger partial charge in [0.1, 0.15) is 6.61 Å². The number of aromatic nitrogens is 1. The predicted molar refractivity (Wildman–Crippen MR) is 75.0 cm³/mol. The van der Waals surface area contributed by atoms with Crippen molar-refractivity contribution in [3.63, 3.8) is 0 Å². The molecule has 19 heavy (non-hydrogen) atoms. The second-order valence-corrected chi connectivity index (χ2v) is 5.39. The zero-order valence-corrected chi connectivity index (χ0v) is 11.7. The van der Waals surface area contributed by atoms with Gasteiger partial charge in [-0.1, -0.05) is 19.8 Å². The van der Waals surface area contributed by atoms with Gasteiger partial charge >= 0.3 is 0 Å². The van der Waals surface area contributed by atoms with E-state index in [4.69, 9.17) is 4.74 Å². The minimum absolute atomic E-state index is 0.102. The summed E-state index contributed by atoms with van der Waals surface area (Å²) in [6.45, 7) is 4.25. The topological polar surface area (TPSA) is 51.2 Å². The molecule has 1 amide bonds. The van der Waals surface area contributed by atoms with Crippen LogP contribution >= 0.6 is 0 Å². The first kappa shape index (κ1) is 14.0. The number of hydrogen-bond donors (Lipinski definition) is 1. The molecule has 2 atom stereocenters. The second-order valence-electron chi connectivity index (χ2n) is 5.39. The molecule has 1 N–H and O–H groups in total. The highest BCUT2D eigenvalue weighted by Gasteiger charge is 2.20. The van der Waals surface area contributed by atoms with Gasteiger partial charge in [0.25, 0.3) is 0 Å². The van der Waals surface area contributed by atoms with Crippen LogP contribution in [0.15, 0.2) is 18.3 Å². The average molecular weight is 262 g/mol. The number of hydrogen-bond acceptors (Lipinski definition) is 3. The van der Waals surface area contributed by atoms with Crippen molar-refractivity contribution < 1.29 is 9.53 Å². The maximum absolute atomic E-state index is 11.8. The standard InChI is InChI=1S/C15H22N2O2/c1-11-5-3-6-13(9-11)19-10-15(18)17-14-7-4-8-16-12(14)2/h4,7-8,11,13H,3,5-6,9-10H2,1-2H3,(H,17,18). The Morgan fingerprint density at radius 1 is 1.53 bits per heavy atom. The number of nitrogens with zero attached hydrogens (tertiary/aromatic N) is 1. The van der Waals surface area contributed by atoms with Crippen LogP contribution < -0.4 is 5.32 Å². The molecule has 0 spiro atoms. The zero-order chi connectivity index (χ0) is 13.7. The molecular formula is C15H22N2O2. The third-order valence-corrected chi connectivity index (χ3v) is 3.62. The molecule has 2 rings (SSSR count). The van der Waals surface area contributed by atoms with Gasteiger partial charge in [-0.25, -0.2) is 0 Å². The molecule has 0 bridgehead atoms. The zero-order valence-electron chi connectivity index (χ0n) is 11.7. The van der Waals surface area contributed by atoms with Gasteiger partial charge in [0, 0.05) is 6.20 Å². The van der Waals surface area contributed by atoms with Gasteiger partial charge in [0.2, 0.25) is 5.91 Å². The van der Waals surface area contributed by atoms with Crippen LogP contribution in [-0.4, -0.2) is 23.6 Å². The molecule has 1 heterocycles. The van der Waals surface area contributed by atoms with Crippen LogP contribution in [-0.2, 0) is 9.53 Å². The molecular weight excluding hydrogens is 240 g/mol. The monoisotopic (exact) mass is 262 g/mol. The number of carbonyl (C=O) groups excluding carboxylic acids is 1. The summed E-state index contributed by atoms with van der Waals surface area (Å²) in [4.78, 5) is 16.0. The van der Waals surface area contributed by atoms with E-state index in [-0.39, 0.29) is 18.6 Å². The van der Waals surface area contributed by atoms with Crippen LogP contribution in [0.4, 0.5) is 5.69 Å². The molecule has 4 nitrogen and oxygen atoms in total. The van der Waals surface area contributed by atoms with Gasteiger partial charge in [-0.15, -0.1) is 0 Å². The number of rotatable bonds is 4. The van der Waals surface area contributed by atoms with E-state index in [9.17, 15) is 4.79 Å².